The van der Waals surface area contributed by atoms with Crippen molar-refractivity contribution in [1.29, 1.82) is 0 Å². The van der Waals surface area contributed by atoms with Crippen LogP contribution in [0.5, 0.6) is 0 Å². The fourth-order valence-corrected chi connectivity index (χ4v) is 3.53. The molecule has 0 aliphatic carbocycles. The molecule has 0 atom stereocenters. The molecule has 4 rings (SSSR count). The number of rotatable bonds is 4. The Kier molecular flexibility index (Phi) is 5.52. The number of benzene rings is 3. The normalized spacial score (nSPS) is 13.9. The Morgan fingerprint density at radius 2 is 1.58 bits per heavy atom. The molecule has 3 aromatic carbocycles. The van der Waals surface area contributed by atoms with E-state index < -0.39 is 23.4 Å². The molecule has 1 N–H and O–H groups in total. The monoisotopic (exact) mass is 458 g/mol. The molecule has 0 saturated carbocycles. The fourth-order valence-electron chi connectivity index (χ4n) is 3.23. The van der Waals surface area contributed by atoms with Crippen molar-refractivity contribution in [2.75, 3.05) is 10.2 Å². The molecule has 31 heavy (non-hydrogen) atoms. The number of nitrogens with zero attached hydrogens (tertiary/aromatic N) is 1. The predicted octanol–water partition coefficient (Wildman–Crippen LogP) is 5.98. The lowest BCUT2D eigenvalue weighted by atomic mass is 10.0. The van der Waals surface area contributed by atoms with Crippen LogP contribution in [-0.4, -0.2) is 11.8 Å². The molecule has 156 valence electrons. The van der Waals surface area contributed by atoms with Crippen LogP contribution in [0.3, 0.4) is 0 Å². The van der Waals surface area contributed by atoms with Crippen LogP contribution in [0.25, 0.3) is 5.57 Å². The minimum Gasteiger partial charge on any atom is -0.350 e. The maximum absolute atomic E-state index is 14.4. The number of hydrogen-bond donors (Lipinski definition) is 1. The molecule has 1 aliphatic rings. The van der Waals surface area contributed by atoms with Crippen molar-refractivity contribution in [3.63, 3.8) is 0 Å². The second-order valence-electron chi connectivity index (χ2n) is 6.89. The van der Waals surface area contributed by atoms with Crippen molar-refractivity contribution < 1.29 is 18.4 Å². The third kappa shape index (κ3) is 3.92. The van der Waals surface area contributed by atoms with Gasteiger partial charge in [-0.15, -0.1) is 0 Å². The molecule has 0 fully saturated rings. The molecule has 0 spiro atoms. The van der Waals surface area contributed by atoms with Crippen LogP contribution in [-0.2, 0) is 9.59 Å². The van der Waals surface area contributed by atoms with E-state index in [0.717, 1.165) is 17.7 Å². The summed E-state index contributed by atoms with van der Waals surface area (Å²) in [5.74, 6) is -3.38. The summed E-state index contributed by atoms with van der Waals surface area (Å²) in [7, 11) is 0. The van der Waals surface area contributed by atoms with E-state index >= 15 is 0 Å². The van der Waals surface area contributed by atoms with Crippen LogP contribution in [0.15, 0.2) is 66.4 Å². The molecule has 3 aromatic rings. The summed E-state index contributed by atoms with van der Waals surface area (Å²) in [6.45, 7) is 1.83. The van der Waals surface area contributed by atoms with Gasteiger partial charge in [0.2, 0.25) is 0 Å². The van der Waals surface area contributed by atoms with Gasteiger partial charge in [-0.25, -0.2) is 13.7 Å². The Morgan fingerprint density at radius 3 is 2.23 bits per heavy atom. The van der Waals surface area contributed by atoms with Gasteiger partial charge < -0.3 is 5.32 Å². The number of halogens is 4. The zero-order valence-electron chi connectivity index (χ0n) is 16.0. The summed E-state index contributed by atoms with van der Waals surface area (Å²) in [6.07, 6.45) is 0. The summed E-state index contributed by atoms with van der Waals surface area (Å²) in [4.78, 5) is 27.2. The SMILES string of the molecule is Cc1ccc(NC2=C(c3ccc(Cl)cc3)C(=O)N(c3ccc(F)cc3F)C2=O)cc1Cl. The average Bonchev–Trinajstić information content (AvgIpc) is 2.96. The fraction of sp³-hybridized carbons (Fsp3) is 0.0435. The topological polar surface area (TPSA) is 49.4 Å². The first-order valence-corrected chi connectivity index (χ1v) is 9.89. The molecule has 2 amide bonds. The van der Waals surface area contributed by atoms with Gasteiger partial charge in [0.15, 0.2) is 0 Å². The predicted molar refractivity (Wildman–Crippen MR) is 117 cm³/mol. The lowest BCUT2D eigenvalue weighted by Gasteiger charge is -2.16. The molecule has 0 saturated heterocycles. The van der Waals surface area contributed by atoms with Gasteiger partial charge in [0, 0.05) is 21.8 Å². The average molecular weight is 459 g/mol. The molecule has 1 heterocycles. The molecule has 0 bridgehead atoms. The first kappa shape index (κ1) is 21.0. The second-order valence-corrected chi connectivity index (χ2v) is 7.73. The highest BCUT2D eigenvalue weighted by Gasteiger charge is 2.41. The first-order chi connectivity index (χ1) is 14.8. The van der Waals surface area contributed by atoms with Gasteiger partial charge in [0.05, 0.1) is 11.3 Å². The van der Waals surface area contributed by atoms with Crippen LogP contribution in [0, 0.1) is 18.6 Å². The van der Waals surface area contributed by atoms with E-state index in [1.807, 2.05) is 6.92 Å². The first-order valence-electron chi connectivity index (χ1n) is 9.13. The lowest BCUT2D eigenvalue weighted by Crippen LogP contribution is -2.33. The van der Waals surface area contributed by atoms with E-state index in [2.05, 4.69) is 5.32 Å². The number of anilines is 2. The lowest BCUT2D eigenvalue weighted by molar-refractivity contribution is -0.120. The minimum absolute atomic E-state index is 0.0297. The highest BCUT2D eigenvalue weighted by molar-refractivity contribution is 6.46. The van der Waals surface area contributed by atoms with Crippen molar-refractivity contribution in [2.45, 2.75) is 6.92 Å². The Labute approximate surface area is 186 Å². The smallest absolute Gasteiger partial charge is 0.282 e. The van der Waals surface area contributed by atoms with Crippen LogP contribution in [0.2, 0.25) is 10.0 Å². The third-order valence-electron chi connectivity index (χ3n) is 4.81. The number of hydrogen-bond acceptors (Lipinski definition) is 3. The quantitative estimate of drug-likeness (QED) is 0.489. The standard InChI is InChI=1S/C23H14Cl2F2N2O2/c1-12-2-8-16(11-17(12)25)28-21-20(13-3-5-14(24)6-4-13)22(30)29(23(21)31)19-9-7-15(26)10-18(19)27/h2-11,28H,1H3. The van der Waals surface area contributed by atoms with Gasteiger partial charge in [-0.1, -0.05) is 41.4 Å². The molecular weight excluding hydrogens is 445 g/mol. The van der Waals surface area contributed by atoms with Crippen molar-refractivity contribution in [2.24, 2.45) is 0 Å². The Balaban J connectivity index is 1.84. The number of carbonyl (C=O) groups excluding carboxylic acids is 2. The van der Waals surface area contributed by atoms with Gasteiger partial charge in [-0.2, -0.15) is 0 Å². The highest BCUT2D eigenvalue weighted by Crippen LogP contribution is 2.35. The van der Waals surface area contributed by atoms with Crippen molar-refractivity contribution in [3.8, 4) is 0 Å². The highest BCUT2D eigenvalue weighted by atomic mass is 35.5. The molecule has 4 nitrogen and oxygen atoms in total. The van der Waals surface area contributed by atoms with E-state index in [9.17, 15) is 18.4 Å². The largest absolute Gasteiger partial charge is 0.350 e. The number of carbonyl (C=O) groups is 2. The summed E-state index contributed by atoms with van der Waals surface area (Å²) in [6, 6.07) is 14.0. The second kappa shape index (κ2) is 8.13. The van der Waals surface area contributed by atoms with Crippen LogP contribution >= 0.6 is 23.2 Å². The molecular formula is C23H14Cl2F2N2O2. The maximum atomic E-state index is 14.4. The van der Waals surface area contributed by atoms with E-state index in [1.54, 1.807) is 42.5 Å². The molecule has 1 aliphatic heterocycles. The molecule has 0 unspecified atom stereocenters. The zero-order chi connectivity index (χ0) is 22.3. The molecule has 0 radical (unpaired) electrons. The van der Waals surface area contributed by atoms with Crippen molar-refractivity contribution in [3.05, 3.63) is 99.2 Å². The van der Waals surface area contributed by atoms with Crippen molar-refractivity contribution >= 4 is 52.0 Å². The Morgan fingerprint density at radius 1 is 0.871 bits per heavy atom. The van der Waals surface area contributed by atoms with Gasteiger partial charge >= 0.3 is 0 Å². The summed E-state index contributed by atoms with van der Waals surface area (Å²) < 4.78 is 27.8. The molecule has 8 heteroatoms. The van der Waals surface area contributed by atoms with Crippen LogP contribution in [0.1, 0.15) is 11.1 Å². The van der Waals surface area contributed by atoms with Crippen LogP contribution < -0.4 is 10.2 Å². The van der Waals surface area contributed by atoms with Crippen molar-refractivity contribution in [1.82, 2.24) is 0 Å². The van der Waals surface area contributed by atoms with Gasteiger partial charge in [-0.05, 0) is 54.4 Å². The van der Waals surface area contributed by atoms with Crippen LogP contribution in [0.4, 0.5) is 20.2 Å². The van der Waals surface area contributed by atoms with E-state index in [0.29, 0.717) is 32.3 Å². The van der Waals surface area contributed by atoms with Gasteiger partial charge in [0.1, 0.15) is 17.3 Å². The minimum atomic E-state index is -1.03. The maximum Gasteiger partial charge on any atom is 0.282 e. The Hall–Kier alpha value is -3.22. The zero-order valence-corrected chi connectivity index (χ0v) is 17.6. The van der Waals surface area contributed by atoms with E-state index in [-0.39, 0.29) is 17.0 Å². The summed E-state index contributed by atoms with van der Waals surface area (Å²) >= 11 is 12.1. The Bertz CT molecular complexity index is 1260. The number of imide groups is 1. The van der Waals surface area contributed by atoms with E-state index in [4.69, 9.17) is 23.2 Å². The summed E-state index contributed by atoms with van der Waals surface area (Å²) in [5, 5.41) is 3.85. The summed E-state index contributed by atoms with van der Waals surface area (Å²) in [5.41, 5.74) is 1.34. The molecule has 0 aromatic heterocycles. The number of nitrogens with one attached hydrogen (secondary N) is 1. The van der Waals surface area contributed by atoms with Gasteiger partial charge in [-0.3, -0.25) is 9.59 Å². The van der Waals surface area contributed by atoms with E-state index in [1.165, 1.54) is 0 Å². The third-order valence-corrected chi connectivity index (χ3v) is 5.47. The van der Waals surface area contributed by atoms with Gasteiger partial charge in [0.25, 0.3) is 11.8 Å². The number of aryl methyl sites for hydroxylation is 1. The number of amides is 2.